The zero-order valence-electron chi connectivity index (χ0n) is 13.9. The summed E-state index contributed by atoms with van der Waals surface area (Å²) in [5.41, 5.74) is 2.54. The van der Waals surface area contributed by atoms with Crippen LogP contribution < -0.4 is 0 Å². The maximum Gasteiger partial charge on any atom is 0.141 e. The van der Waals surface area contributed by atoms with Gasteiger partial charge in [0.2, 0.25) is 0 Å². The Morgan fingerprint density at radius 1 is 1.13 bits per heavy atom. The average molecular weight is 311 g/mol. The summed E-state index contributed by atoms with van der Waals surface area (Å²) in [4.78, 5) is 0. The van der Waals surface area contributed by atoms with Crippen LogP contribution in [0.5, 0.6) is 0 Å². The molecule has 1 aromatic rings. The van der Waals surface area contributed by atoms with Crippen LogP contribution >= 0.6 is 0 Å². The number of allylic oxidation sites excluding steroid dienone is 1. The van der Waals surface area contributed by atoms with Crippen molar-refractivity contribution < 1.29 is 4.39 Å². The summed E-state index contributed by atoms with van der Waals surface area (Å²) in [6, 6.07) is 5.35. The fraction of sp³-hybridized carbons (Fsp3) is 0.571. The Balaban J connectivity index is 1.61. The Hall–Kier alpha value is -1.62. The number of benzene rings is 1. The van der Waals surface area contributed by atoms with Crippen LogP contribution in [-0.4, -0.2) is 0 Å². The molecule has 122 valence electrons. The van der Waals surface area contributed by atoms with Crippen molar-refractivity contribution in [1.82, 2.24) is 0 Å². The number of nitrogens with zero attached hydrogens (tertiary/aromatic N) is 1. The van der Waals surface area contributed by atoms with Crippen LogP contribution in [-0.2, 0) is 12.8 Å². The molecule has 1 fully saturated rings. The number of rotatable bonds is 4. The molecule has 2 aliphatic rings. The molecular weight excluding hydrogens is 285 g/mol. The Morgan fingerprint density at radius 2 is 1.91 bits per heavy atom. The molecule has 1 atom stereocenters. The molecule has 0 aliphatic heterocycles. The number of hydrogen-bond donors (Lipinski definition) is 0. The second-order valence-corrected chi connectivity index (χ2v) is 7.36. The maximum absolute atomic E-state index is 13.9. The third-order valence-electron chi connectivity index (χ3n) is 6.01. The Morgan fingerprint density at radius 3 is 2.61 bits per heavy atom. The fourth-order valence-corrected chi connectivity index (χ4v) is 4.60. The molecule has 1 unspecified atom stereocenters. The van der Waals surface area contributed by atoms with E-state index in [2.05, 4.69) is 6.58 Å². The summed E-state index contributed by atoms with van der Waals surface area (Å²) in [7, 11) is 0. The number of hydrogen-bond acceptors (Lipinski definition) is 1. The zero-order chi connectivity index (χ0) is 16.2. The number of nitriles is 1. The highest BCUT2D eigenvalue weighted by Gasteiger charge is 2.30. The van der Waals surface area contributed by atoms with Crippen LogP contribution in [0.2, 0.25) is 0 Å². The summed E-state index contributed by atoms with van der Waals surface area (Å²) in [6.07, 6.45) is 13.1. The number of halogens is 1. The smallest absolute Gasteiger partial charge is 0.141 e. The van der Waals surface area contributed by atoms with Gasteiger partial charge in [-0.15, -0.1) is 6.58 Å². The van der Waals surface area contributed by atoms with Gasteiger partial charge in [-0.1, -0.05) is 18.9 Å². The Labute approximate surface area is 139 Å². The van der Waals surface area contributed by atoms with Gasteiger partial charge in [0.05, 0.1) is 5.56 Å². The quantitative estimate of drug-likeness (QED) is 0.666. The monoisotopic (exact) mass is 311 g/mol. The van der Waals surface area contributed by atoms with Gasteiger partial charge in [0.25, 0.3) is 0 Å². The summed E-state index contributed by atoms with van der Waals surface area (Å²) in [5, 5.41) is 8.97. The van der Waals surface area contributed by atoms with Crippen LogP contribution in [0.3, 0.4) is 0 Å². The molecule has 2 heteroatoms. The topological polar surface area (TPSA) is 23.8 Å². The van der Waals surface area contributed by atoms with E-state index in [-0.39, 0.29) is 11.4 Å². The lowest BCUT2D eigenvalue weighted by Crippen LogP contribution is -2.26. The van der Waals surface area contributed by atoms with Crippen LogP contribution in [0, 0.1) is 34.9 Å². The number of fused-ring (bicyclic) bond motifs is 1. The minimum atomic E-state index is -0.347. The summed E-state index contributed by atoms with van der Waals surface area (Å²) in [6.45, 7) is 3.82. The molecule has 0 bridgehead atoms. The molecule has 23 heavy (non-hydrogen) atoms. The van der Waals surface area contributed by atoms with E-state index >= 15 is 0 Å². The number of aryl methyl sites for hydroxylation is 1. The van der Waals surface area contributed by atoms with Crippen LogP contribution in [0.4, 0.5) is 4.39 Å². The average Bonchev–Trinajstić information content (AvgIpc) is 2.59. The van der Waals surface area contributed by atoms with Crippen LogP contribution in [0.25, 0.3) is 0 Å². The summed E-state index contributed by atoms with van der Waals surface area (Å²) in [5.74, 6) is 2.05. The van der Waals surface area contributed by atoms with Gasteiger partial charge >= 0.3 is 0 Å². The zero-order valence-corrected chi connectivity index (χ0v) is 13.9. The molecule has 0 amide bonds. The van der Waals surface area contributed by atoms with E-state index in [0.717, 1.165) is 36.7 Å². The van der Waals surface area contributed by atoms with Crippen molar-refractivity contribution in [3.05, 3.63) is 47.3 Å². The van der Waals surface area contributed by atoms with E-state index in [4.69, 9.17) is 5.26 Å². The van der Waals surface area contributed by atoms with E-state index in [1.807, 2.05) is 12.1 Å². The lowest BCUT2D eigenvalue weighted by atomic mass is 9.69. The molecule has 0 spiro atoms. The third kappa shape index (κ3) is 3.66. The van der Waals surface area contributed by atoms with Crippen molar-refractivity contribution in [2.75, 3.05) is 0 Å². The van der Waals surface area contributed by atoms with Gasteiger partial charge in [-0.3, -0.25) is 0 Å². The fourth-order valence-electron chi connectivity index (χ4n) is 4.60. The molecule has 0 saturated heterocycles. The molecule has 3 rings (SSSR count). The van der Waals surface area contributed by atoms with E-state index < -0.39 is 0 Å². The molecule has 2 aliphatic carbocycles. The van der Waals surface area contributed by atoms with Crippen molar-refractivity contribution in [3.8, 4) is 6.07 Å². The second-order valence-electron chi connectivity index (χ2n) is 7.36. The molecule has 0 aromatic heterocycles. The summed E-state index contributed by atoms with van der Waals surface area (Å²) < 4.78 is 13.9. The van der Waals surface area contributed by atoms with Crippen LogP contribution in [0.15, 0.2) is 24.8 Å². The predicted octanol–water partition coefficient (Wildman–Crippen LogP) is 5.57. The first-order chi connectivity index (χ1) is 11.2. The van der Waals surface area contributed by atoms with Gasteiger partial charge in [0.15, 0.2) is 0 Å². The van der Waals surface area contributed by atoms with Crippen molar-refractivity contribution >= 4 is 0 Å². The minimum absolute atomic E-state index is 0.199. The van der Waals surface area contributed by atoms with E-state index in [0.29, 0.717) is 5.92 Å². The predicted molar refractivity (Wildman–Crippen MR) is 91.5 cm³/mol. The molecule has 1 saturated carbocycles. The maximum atomic E-state index is 13.9. The molecule has 1 aromatic carbocycles. The normalized spacial score (nSPS) is 27.0. The van der Waals surface area contributed by atoms with Crippen molar-refractivity contribution in [2.24, 2.45) is 17.8 Å². The summed E-state index contributed by atoms with van der Waals surface area (Å²) >= 11 is 0. The second kappa shape index (κ2) is 7.30. The van der Waals surface area contributed by atoms with Crippen molar-refractivity contribution in [2.45, 2.75) is 57.8 Å². The highest BCUT2D eigenvalue weighted by Crippen LogP contribution is 2.40. The molecular formula is C21H26FN. The van der Waals surface area contributed by atoms with Gasteiger partial charge < -0.3 is 0 Å². The largest absolute Gasteiger partial charge is 0.206 e. The Bertz CT molecular complexity index is 605. The first-order valence-electron chi connectivity index (χ1n) is 9.03. The van der Waals surface area contributed by atoms with E-state index in [1.165, 1.54) is 44.1 Å². The molecule has 0 heterocycles. The van der Waals surface area contributed by atoms with E-state index in [1.54, 1.807) is 12.1 Å². The Kier molecular flexibility index (Phi) is 5.16. The van der Waals surface area contributed by atoms with Gasteiger partial charge in [-0.05, 0) is 86.0 Å². The SMILES string of the molecule is C=CCCC1CCC(C2CCc3cc(C#N)c(F)cc3C2)CC1. The molecule has 0 radical (unpaired) electrons. The lowest BCUT2D eigenvalue weighted by Gasteiger charge is -2.36. The van der Waals surface area contributed by atoms with Crippen molar-refractivity contribution in [1.29, 1.82) is 5.26 Å². The lowest BCUT2D eigenvalue weighted by molar-refractivity contribution is 0.185. The minimum Gasteiger partial charge on any atom is -0.206 e. The molecule has 1 nitrogen and oxygen atoms in total. The van der Waals surface area contributed by atoms with Gasteiger partial charge in [-0.25, -0.2) is 4.39 Å². The van der Waals surface area contributed by atoms with Gasteiger partial charge in [-0.2, -0.15) is 5.26 Å². The van der Waals surface area contributed by atoms with Gasteiger partial charge in [0, 0.05) is 0 Å². The van der Waals surface area contributed by atoms with Gasteiger partial charge in [0.1, 0.15) is 11.9 Å². The standard InChI is InChI=1S/C21H26FN/c1-2-3-4-15-5-7-16(8-6-15)17-9-10-18-12-20(14-23)21(22)13-19(18)11-17/h2,12-13,15-17H,1,3-11H2. The third-order valence-corrected chi connectivity index (χ3v) is 6.01. The van der Waals surface area contributed by atoms with E-state index in [9.17, 15) is 4.39 Å². The first-order valence-corrected chi connectivity index (χ1v) is 9.03. The highest BCUT2D eigenvalue weighted by molar-refractivity contribution is 5.40. The molecule has 0 N–H and O–H groups in total. The van der Waals surface area contributed by atoms with Crippen molar-refractivity contribution in [3.63, 3.8) is 0 Å². The first kappa shape index (κ1) is 16.2. The van der Waals surface area contributed by atoms with Crippen LogP contribution in [0.1, 0.15) is 61.6 Å². The highest BCUT2D eigenvalue weighted by atomic mass is 19.1.